The number of carbonyl (C=O) groups is 2. The second kappa shape index (κ2) is 8.82. The lowest BCUT2D eigenvalue weighted by Crippen LogP contribution is -2.43. The maximum atomic E-state index is 11.8. The third-order valence-corrected chi connectivity index (χ3v) is 3.50. The average Bonchev–Trinajstić information content (AvgIpc) is 2.53. The van der Waals surface area contributed by atoms with E-state index in [0.29, 0.717) is 19.4 Å². The molecule has 0 fully saturated rings. The van der Waals surface area contributed by atoms with Gasteiger partial charge in [-0.1, -0.05) is 42.5 Å². The lowest BCUT2D eigenvalue weighted by Gasteiger charge is -2.32. The van der Waals surface area contributed by atoms with Crippen LogP contribution in [-0.4, -0.2) is 25.0 Å². The fraction of sp³-hybridized carbons (Fsp3) is 0.333. The minimum Gasteiger partial charge on any atom is -0.459 e. The topological polar surface area (TPSA) is 55.4 Å². The number of nitrogens with one attached hydrogen (secondary N) is 1. The fourth-order valence-electron chi connectivity index (χ4n) is 2.43. The van der Waals surface area contributed by atoms with Crippen molar-refractivity contribution in [1.29, 1.82) is 0 Å². The van der Waals surface area contributed by atoms with Crippen molar-refractivity contribution >= 4 is 11.9 Å². The molecule has 0 aromatic heterocycles. The van der Waals surface area contributed by atoms with E-state index in [1.165, 1.54) is 0 Å². The van der Waals surface area contributed by atoms with E-state index in [9.17, 15) is 9.59 Å². The standard InChI is InChI=1S/C18H23NO3/c1-4-12-18(13-5-2,15-10-8-7-9-11-15)14-19-16(20)17(21)22-6-3/h4-5,7-11H,1-2,6,12-14H2,3H3,(H,19,20). The molecule has 118 valence electrons. The Hall–Kier alpha value is -2.36. The van der Waals surface area contributed by atoms with Gasteiger partial charge in [0.25, 0.3) is 0 Å². The number of esters is 1. The third-order valence-electron chi connectivity index (χ3n) is 3.50. The highest BCUT2D eigenvalue weighted by Crippen LogP contribution is 2.32. The number of rotatable bonds is 8. The third kappa shape index (κ3) is 4.58. The molecule has 22 heavy (non-hydrogen) atoms. The summed E-state index contributed by atoms with van der Waals surface area (Å²) < 4.78 is 4.70. The van der Waals surface area contributed by atoms with E-state index >= 15 is 0 Å². The predicted molar refractivity (Wildman–Crippen MR) is 87.4 cm³/mol. The van der Waals surface area contributed by atoms with Crippen LogP contribution in [0.1, 0.15) is 25.3 Å². The van der Waals surface area contributed by atoms with Crippen LogP contribution in [0.3, 0.4) is 0 Å². The molecular formula is C18H23NO3. The molecule has 0 aliphatic rings. The highest BCUT2D eigenvalue weighted by atomic mass is 16.5. The number of hydrogen-bond acceptors (Lipinski definition) is 3. The molecule has 4 heteroatoms. The summed E-state index contributed by atoms with van der Waals surface area (Å²) in [7, 11) is 0. The molecule has 0 unspecified atom stereocenters. The molecule has 0 saturated heterocycles. The first-order valence-electron chi connectivity index (χ1n) is 7.32. The molecule has 1 amide bonds. The first-order chi connectivity index (χ1) is 10.6. The van der Waals surface area contributed by atoms with Gasteiger partial charge >= 0.3 is 11.9 Å². The molecule has 1 aromatic carbocycles. The van der Waals surface area contributed by atoms with E-state index in [-0.39, 0.29) is 12.0 Å². The quantitative estimate of drug-likeness (QED) is 0.456. The van der Waals surface area contributed by atoms with Crippen molar-refractivity contribution in [1.82, 2.24) is 5.32 Å². The Morgan fingerprint density at radius 1 is 1.18 bits per heavy atom. The monoisotopic (exact) mass is 301 g/mol. The van der Waals surface area contributed by atoms with Gasteiger partial charge < -0.3 is 10.1 Å². The molecule has 1 aromatic rings. The Kier molecular flexibility index (Phi) is 7.09. The summed E-state index contributed by atoms with van der Waals surface area (Å²) >= 11 is 0. The Balaban J connectivity index is 2.95. The van der Waals surface area contributed by atoms with E-state index in [0.717, 1.165) is 5.56 Å². The zero-order valence-corrected chi connectivity index (χ0v) is 13.0. The van der Waals surface area contributed by atoms with Crippen LogP contribution in [-0.2, 0) is 19.7 Å². The van der Waals surface area contributed by atoms with Gasteiger partial charge in [0.05, 0.1) is 6.61 Å². The molecular weight excluding hydrogens is 278 g/mol. The van der Waals surface area contributed by atoms with E-state index in [2.05, 4.69) is 18.5 Å². The van der Waals surface area contributed by atoms with E-state index in [1.807, 2.05) is 42.5 Å². The summed E-state index contributed by atoms with van der Waals surface area (Å²) in [4.78, 5) is 23.2. The van der Waals surface area contributed by atoms with Crippen molar-refractivity contribution in [3.8, 4) is 0 Å². The van der Waals surface area contributed by atoms with Crippen molar-refractivity contribution in [2.24, 2.45) is 0 Å². The normalized spacial score (nSPS) is 10.6. The predicted octanol–water partition coefficient (Wildman–Crippen LogP) is 2.76. The SMILES string of the molecule is C=CCC(CC=C)(CNC(=O)C(=O)OCC)c1ccccc1. The number of amides is 1. The van der Waals surface area contributed by atoms with Gasteiger partial charge in [-0.3, -0.25) is 4.79 Å². The Bertz CT molecular complexity index is 512. The van der Waals surface area contributed by atoms with Crippen LogP contribution >= 0.6 is 0 Å². The molecule has 0 radical (unpaired) electrons. The van der Waals surface area contributed by atoms with Crippen molar-refractivity contribution in [2.75, 3.05) is 13.2 Å². The maximum absolute atomic E-state index is 11.8. The van der Waals surface area contributed by atoms with Crippen molar-refractivity contribution < 1.29 is 14.3 Å². The number of carbonyl (C=O) groups excluding carboxylic acids is 2. The first-order valence-corrected chi connectivity index (χ1v) is 7.32. The molecule has 1 rings (SSSR count). The largest absolute Gasteiger partial charge is 0.459 e. The highest BCUT2D eigenvalue weighted by Gasteiger charge is 2.31. The minimum atomic E-state index is -0.860. The van der Waals surface area contributed by atoms with Crippen molar-refractivity contribution in [3.05, 3.63) is 61.2 Å². The van der Waals surface area contributed by atoms with Gasteiger partial charge in [-0.25, -0.2) is 4.79 Å². The number of allylic oxidation sites excluding steroid dienone is 2. The van der Waals surface area contributed by atoms with E-state index in [4.69, 9.17) is 4.74 Å². The summed E-state index contributed by atoms with van der Waals surface area (Å²) in [6.45, 7) is 9.76. The van der Waals surface area contributed by atoms with Crippen LogP contribution in [0.4, 0.5) is 0 Å². The smallest absolute Gasteiger partial charge is 0.396 e. The summed E-state index contributed by atoms with van der Waals surface area (Å²) in [5.41, 5.74) is 0.700. The summed E-state index contributed by atoms with van der Waals surface area (Å²) in [6.07, 6.45) is 4.94. The first kappa shape index (κ1) is 17.7. The van der Waals surface area contributed by atoms with Crippen LogP contribution in [0.15, 0.2) is 55.6 Å². The van der Waals surface area contributed by atoms with Gasteiger partial charge in [0, 0.05) is 12.0 Å². The lowest BCUT2D eigenvalue weighted by molar-refractivity contribution is -0.154. The highest BCUT2D eigenvalue weighted by molar-refractivity contribution is 6.32. The maximum Gasteiger partial charge on any atom is 0.396 e. The van der Waals surface area contributed by atoms with Gasteiger partial charge in [0.15, 0.2) is 0 Å². The molecule has 0 heterocycles. The Morgan fingerprint density at radius 3 is 2.27 bits per heavy atom. The molecule has 0 aliphatic carbocycles. The molecule has 1 N–H and O–H groups in total. The van der Waals surface area contributed by atoms with Crippen molar-refractivity contribution in [3.63, 3.8) is 0 Å². The summed E-state index contributed by atoms with van der Waals surface area (Å²) in [6, 6.07) is 9.84. The van der Waals surface area contributed by atoms with Crippen LogP contribution in [0.25, 0.3) is 0 Å². The van der Waals surface area contributed by atoms with Crippen molar-refractivity contribution in [2.45, 2.75) is 25.2 Å². The zero-order valence-electron chi connectivity index (χ0n) is 13.0. The van der Waals surface area contributed by atoms with Crippen LogP contribution < -0.4 is 5.32 Å². The second-order valence-corrected chi connectivity index (χ2v) is 5.04. The molecule has 0 atom stereocenters. The summed E-state index contributed by atoms with van der Waals surface area (Å²) in [5, 5.41) is 2.67. The molecule has 4 nitrogen and oxygen atoms in total. The Morgan fingerprint density at radius 2 is 1.77 bits per heavy atom. The summed E-state index contributed by atoms with van der Waals surface area (Å²) in [5.74, 6) is -1.59. The van der Waals surface area contributed by atoms with Gasteiger partial charge in [0.1, 0.15) is 0 Å². The van der Waals surface area contributed by atoms with E-state index in [1.54, 1.807) is 6.92 Å². The molecule has 0 aliphatic heterocycles. The molecule has 0 spiro atoms. The van der Waals surface area contributed by atoms with Crippen LogP contribution in [0, 0.1) is 0 Å². The second-order valence-electron chi connectivity index (χ2n) is 5.04. The van der Waals surface area contributed by atoms with Gasteiger partial charge in [0.2, 0.25) is 0 Å². The number of hydrogen-bond donors (Lipinski definition) is 1. The van der Waals surface area contributed by atoms with Gasteiger partial charge in [-0.15, -0.1) is 13.2 Å². The molecule has 0 bridgehead atoms. The Labute approximate surface area is 131 Å². The van der Waals surface area contributed by atoms with Gasteiger partial charge in [-0.05, 0) is 25.3 Å². The number of ether oxygens (including phenoxy) is 1. The minimum absolute atomic E-state index is 0.176. The van der Waals surface area contributed by atoms with Crippen LogP contribution in [0.5, 0.6) is 0 Å². The zero-order chi connectivity index (χ0) is 16.4. The van der Waals surface area contributed by atoms with E-state index < -0.39 is 11.9 Å². The fourth-order valence-corrected chi connectivity index (χ4v) is 2.43. The lowest BCUT2D eigenvalue weighted by atomic mass is 9.74. The molecule has 0 saturated carbocycles. The average molecular weight is 301 g/mol. The van der Waals surface area contributed by atoms with Gasteiger partial charge in [-0.2, -0.15) is 0 Å². The van der Waals surface area contributed by atoms with Crippen LogP contribution in [0.2, 0.25) is 0 Å². The number of benzene rings is 1.